The van der Waals surface area contributed by atoms with E-state index < -0.39 is 15.9 Å². The summed E-state index contributed by atoms with van der Waals surface area (Å²) in [6, 6.07) is 11.8. The molecular weight excluding hydrogens is 422 g/mol. The first-order valence-corrected chi connectivity index (χ1v) is 11.4. The number of nitrogens with zero attached hydrogens (tertiary/aromatic N) is 1. The van der Waals surface area contributed by atoms with E-state index in [0.29, 0.717) is 37.6 Å². The highest BCUT2D eigenvalue weighted by molar-refractivity contribution is 7.89. The number of carbonyl (C=O) groups is 2. The maximum absolute atomic E-state index is 12.5. The van der Waals surface area contributed by atoms with Gasteiger partial charge in [-0.05, 0) is 41.8 Å². The van der Waals surface area contributed by atoms with E-state index in [1.54, 1.807) is 17.0 Å². The summed E-state index contributed by atoms with van der Waals surface area (Å²) in [5, 5.41) is 7.94. The Kier molecular flexibility index (Phi) is 5.84. The highest BCUT2D eigenvalue weighted by Crippen LogP contribution is 2.33. The molecule has 0 bridgehead atoms. The molecule has 1 atom stereocenters. The van der Waals surface area contributed by atoms with Gasteiger partial charge >= 0.3 is 0 Å². The molecule has 1 fully saturated rings. The van der Waals surface area contributed by atoms with Crippen molar-refractivity contribution in [2.45, 2.75) is 24.3 Å². The van der Waals surface area contributed by atoms with Crippen molar-refractivity contribution in [1.82, 2.24) is 10.2 Å². The number of carbonyl (C=O) groups excluding carboxylic acids is 2. The van der Waals surface area contributed by atoms with Gasteiger partial charge in [-0.2, -0.15) is 0 Å². The maximum Gasteiger partial charge on any atom is 0.238 e. The highest BCUT2D eigenvalue weighted by atomic mass is 32.2. The van der Waals surface area contributed by atoms with Gasteiger partial charge in [0.15, 0.2) is 11.5 Å². The van der Waals surface area contributed by atoms with E-state index >= 15 is 0 Å². The van der Waals surface area contributed by atoms with Gasteiger partial charge in [-0.1, -0.05) is 18.2 Å². The molecule has 10 heteroatoms. The SMILES string of the molecule is NS(=O)(=O)c1ccc(CCNC(=O)C2CC(=O)N(Cc3ccc4c(c3)OCO4)C2)cc1. The van der Waals surface area contributed by atoms with E-state index in [4.69, 9.17) is 14.6 Å². The second kappa shape index (κ2) is 8.56. The summed E-state index contributed by atoms with van der Waals surface area (Å²) in [4.78, 5) is 26.6. The Morgan fingerprint density at radius 1 is 1.10 bits per heavy atom. The lowest BCUT2D eigenvalue weighted by molar-refractivity contribution is -0.129. The number of primary sulfonamides is 1. The molecule has 2 amide bonds. The van der Waals surface area contributed by atoms with Crippen LogP contribution in [0.25, 0.3) is 0 Å². The van der Waals surface area contributed by atoms with Crippen LogP contribution >= 0.6 is 0 Å². The normalized spacial score (nSPS) is 17.8. The Bertz CT molecular complexity index is 1100. The topological polar surface area (TPSA) is 128 Å². The van der Waals surface area contributed by atoms with Crippen molar-refractivity contribution in [2.24, 2.45) is 11.1 Å². The lowest BCUT2D eigenvalue weighted by Gasteiger charge is -2.17. The summed E-state index contributed by atoms with van der Waals surface area (Å²) in [6.45, 7) is 1.36. The number of rotatable bonds is 7. The molecule has 2 heterocycles. The van der Waals surface area contributed by atoms with E-state index in [1.165, 1.54) is 12.1 Å². The number of sulfonamides is 1. The molecule has 0 saturated carbocycles. The van der Waals surface area contributed by atoms with Gasteiger partial charge in [-0.15, -0.1) is 0 Å². The van der Waals surface area contributed by atoms with Crippen LogP contribution in [0.3, 0.4) is 0 Å². The highest BCUT2D eigenvalue weighted by Gasteiger charge is 2.34. The molecule has 2 aromatic carbocycles. The minimum absolute atomic E-state index is 0.0484. The summed E-state index contributed by atoms with van der Waals surface area (Å²) in [6.07, 6.45) is 0.720. The van der Waals surface area contributed by atoms with Gasteiger partial charge < -0.3 is 19.7 Å². The van der Waals surface area contributed by atoms with Gasteiger partial charge in [0, 0.05) is 26.1 Å². The van der Waals surface area contributed by atoms with E-state index in [2.05, 4.69) is 5.32 Å². The first kappa shape index (κ1) is 21.1. The number of nitrogens with one attached hydrogen (secondary N) is 1. The monoisotopic (exact) mass is 445 g/mol. The van der Waals surface area contributed by atoms with E-state index in [0.717, 1.165) is 11.1 Å². The number of nitrogens with two attached hydrogens (primary N) is 1. The molecule has 2 aliphatic rings. The van der Waals surface area contributed by atoms with Crippen LogP contribution in [0.2, 0.25) is 0 Å². The Labute approximate surface area is 180 Å². The molecule has 0 spiro atoms. The van der Waals surface area contributed by atoms with Crippen molar-refractivity contribution in [2.75, 3.05) is 19.9 Å². The van der Waals surface area contributed by atoms with Crippen LogP contribution in [0.1, 0.15) is 17.5 Å². The number of ether oxygens (including phenoxy) is 2. The average molecular weight is 445 g/mol. The van der Waals surface area contributed by atoms with Crippen LogP contribution in [0.5, 0.6) is 11.5 Å². The zero-order chi connectivity index (χ0) is 22.0. The fourth-order valence-electron chi connectivity index (χ4n) is 3.68. The van der Waals surface area contributed by atoms with Crippen LogP contribution < -0.4 is 19.9 Å². The molecule has 164 valence electrons. The summed E-state index contributed by atoms with van der Waals surface area (Å²) < 4.78 is 33.2. The predicted octanol–water partition coefficient (Wildman–Crippen LogP) is 0.770. The standard InChI is InChI=1S/C21H23N3O6S/c22-31(27,28)17-4-1-14(2-5-17)7-8-23-21(26)16-10-20(25)24(12-16)11-15-3-6-18-19(9-15)30-13-29-18/h1-6,9,16H,7-8,10-13H2,(H,23,26)(H2,22,27,28). The largest absolute Gasteiger partial charge is 0.454 e. The quantitative estimate of drug-likeness (QED) is 0.648. The van der Waals surface area contributed by atoms with Crippen molar-refractivity contribution in [3.05, 3.63) is 53.6 Å². The molecule has 1 unspecified atom stereocenters. The molecule has 9 nitrogen and oxygen atoms in total. The van der Waals surface area contributed by atoms with Gasteiger partial charge in [0.1, 0.15) is 0 Å². The lowest BCUT2D eigenvalue weighted by Crippen LogP contribution is -2.34. The van der Waals surface area contributed by atoms with Gasteiger partial charge in [-0.3, -0.25) is 9.59 Å². The third kappa shape index (κ3) is 4.97. The number of benzene rings is 2. The van der Waals surface area contributed by atoms with Crippen LogP contribution in [0, 0.1) is 5.92 Å². The number of amides is 2. The third-order valence-electron chi connectivity index (χ3n) is 5.36. The fraction of sp³-hybridized carbons (Fsp3) is 0.333. The molecular formula is C21H23N3O6S. The average Bonchev–Trinajstić information content (AvgIpc) is 3.34. The zero-order valence-corrected chi connectivity index (χ0v) is 17.6. The fourth-order valence-corrected chi connectivity index (χ4v) is 4.20. The molecule has 2 aromatic rings. The molecule has 1 saturated heterocycles. The molecule has 4 rings (SSSR count). The first-order valence-electron chi connectivity index (χ1n) is 9.85. The number of likely N-dealkylation sites (tertiary alicyclic amines) is 1. The third-order valence-corrected chi connectivity index (χ3v) is 6.29. The van der Waals surface area contributed by atoms with Crippen molar-refractivity contribution in [3.63, 3.8) is 0 Å². The van der Waals surface area contributed by atoms with Gasteiger partial charge in [-0.25, -0.2) is 13.6 Å². The smallest absolute Gasteiger partial charge is 0.238 e. The van der Waals surface area contributed by atoms with Crippen LogP contribution in [0.15, 0.2) is 47.4 Å². The predicted molar refractivity (Wildman–Crippen MR) is 111 cm³/mol. The van der Waals surface area contributed by atoms with Gasteiger partial charge in [0.05, 0.1) is 10.8 Å². The van der Waals surface area contributed by atoms with Crippen molar-refractivity contribution in [1.29, 1.82) is 0 Å². The molecule has 31 heavy (non-hydrogen) atoms. The lowest BCUT2D eigenvalue weighted by atomic mass is 10.1. The van der Waals surface area contributed by atoms with Crippen molar-refractivity contribution in [3.8, 4) is 11.5 Å². The van der Waals surface area contributed by atoms with E-state index in [9.17, 15) is 18.0 Å². The second-order valence-corrected chi connectivity index (χ2v) is 9.15. The molecule has 3 N–H and O–H groups in total. The zero-order valence-electron chi connectivity index (χ0n) is 16.7. The molecule has 2 aliphatic heterocycles. The Balaban J connectivity index is 1.26. The molecule has 0 radical (unpaired) electrons. The van der Waals surface area contributed by atoms with Crippen molar-refractivity contribution >= 4 is 21.8 Å². The van der Waals surface area contributed by atoms with Crippen LogP contribution in [0.4, 0.5) is 0 Å². The van der Waals surface area contributed by atoms with E-state index in [-0.39, 0.29) is 29.9 Å². The van der Waals surface area contributed by atoms with Gasteiger partial charge in [0.25, 0.3) is 0 Å². The summed E-state index contributed by atoms with van der Waals surface area (Å²) in [7, 11) is -3.72. The number of hydrogen-bond acceptors (Lipinski definition) is 6. The van der Waals surface area contributed by atoms with Crippen LogP contribution in [-0.2, 0) is 32.6 Å². The minimum Gasteiger partial charge on any atom is -0.454 e. The summed E-state index contributed by atoms with van der Waals surface area (Å²) in [5.74, 6) is 0.731. The second-order valence-electron chi connectivity index (χ2n) is 7.59. The van der Waals surface area contributed by atoms with E-state index in [1.807, 2.05) is 18.2 Å². The Morgan fingerprint density at radius 2 is 1.81 bits per heavy atom. The maximum atomic E-state index is 12.5. The minimum atomic E-state index is -3.72. The Hall–Kier alpha value is -3.11. The Morgan fingerprint density at radius 3 is 2.55 bits per heavy atom. The molecule has 0 aliphatic carbocycles. The number of hydrogen-bond donors (Lipinski definition) is 2. The van der Waals surface area contributed by atoms with Crippen molar-refractivity contribution < 1.29 is 27.5 Å². The summed E-state index contributed by atoms with van der Waals surface area (Å²) in [5.41, 5.74) is 1.79. The van der Waals surface area contributed by atoms with Gasteiger partial charge in [0.2, 0.25) is 28.6 Å². The first-order chi connectivity index (χ1) is 14.8. The summed E-state index contributed by atoms with van der Waals surface area (Å²) >= 11 is 0. The number of fused-ring (bicyclic) bond motifs is 1. The molecule has 0 aromatic heterocycles. The van der Waals surface area contributed by atoms with Crippen LogP contribution in [-0.4, -0.2) is 45.0 Å².